The van der Waals surface area contributed by atoms with E-state index in [2.05, 4.69) is 6.92 Å². The number of hydrogen-bond acceptors (Lipinski definition) is 6. The second-order valence-electron chi connectivity index (χ2n) is 5.45. The first-order chi connectivity index (χ1) is 11.9. The molecule has 0 radical (unpaired) electrons. The molecule has 0 amide bonds. The third kappa shape index (κ3) is 21.8. The van der Waals surface area contributed by atoms with Gasteiger partial charge in [-0.05, 0) is 13.3 Å². The standard InChI is InChI=1S/C18H38O6/c1-3-5-6-7-8-9-10-23-24-18-17-22-16-15-21-14-13-20-12-11-19-4-2/h3-18H2,1-2H3. The molecule has 0 fully saturated rings. The predicted octanol–water partition coefficient (Wildman–Crippen LogP) is 3.38. The monoisotopic (exact) mass is 350 g/mol. The Hall–Kier alpha value is -0.240. The van der Waals surface area contributed by atoms with Gasteiger partial charge in [0.15, 0.2) is 0 Å². The molecule has 0 saturated heterocycles. The molecule has 0 rings (SSSR count). The summed E-state index contributed by atoms with van der Waals surface area (Å²) in [6.45, 7) is 10.1. The molecule has 0 atom stereocenters. The van der Waals surface area contributed by atoms with Crippen molar-refractivity contribution in [3.8, 4) is 0 Å². The van der Waals surface area contributed by atoms with E-state index in [4.69, 9.17) is 28.7 Å². The molecule has 0 aliphatic carbocycles. The molecule has 0 aromatic heterocycles. The van der Waals surface area contributed by atoms with Gasteiger partial charge < -0.3 is 18.9 Å². The lowest BCUT2D eigenvalue weighted by Crippen LogP contribution is -2.13. The minimum atomic E-state index is 0.455. The third-order valence-corrected chi connectivity index (χ3v) is 3.30. The van der Waals surface area contributed by atoms with E-state index >= 15 is 0 Å². The quantitative estimate of drug-likeness (QED) is 0.180. The van der Waals surface area contributed by atoms with E-state index in [1.807, 2.05) is 6.92 Å². The van der Waals surface area contributed by atoms with Gasteiger partial charge in [0.2, 0.25) is 0 Å². The molecule has 6 heteroatoms. The smallest absolute Gasteiger partial charge is 0.106 e. The zero-order valence-electron chi connectivity index (χ0n) is 15.8. The van der Waals surface area contributed by atoms with Crippen LogP contribution in [0.2, 0.25) is 0 Å². The van der Waals surface area contributed by atoms with Gasteiger partial charge in [0.25, 0.3) is 0 Å². The van der Waals surface area contributed by atoms with Crippen LogP contribution in [0.4, 0.5) is 0 Å². The van der Waals surface area contributed by atoms with Crippen molar-refractivity contribution in [2.45, 2.75) is 52.4 Å². The Morgan fingerprint density at radius 3 is 1.46 bits per heavy atom. The molecule has 24 heavy (non-hydrogen) atoms. The number of rotatable bonds is 21. The zero-order chi connectivity index (χ0) is 17.6. The van der Waals surface area contributed by atoms with Crippen molar-refractivity contribution in [3.63, 3.8) is 0 Å². The van der Waals surface area contributed by atoms with E-state index in [-0.39, 0.29) is 0 Å². The van der Waals surface area contributed by atoms with Crippen LogP contribution in [-0.2, 0) is 28.7 Å². The molecule has 0 unspecified atom stereocenters. The topological polar surface area (TPSA) is 55.4 Å². The first kappa shape index (κ1) is 23.8. The van der Waals surface area contributed by atoms with Crippen molar-refractivity contribution in [1.29, 1.82) is 0 Å². The summed E-state index contributed by atoms with van der Waals surface area (Å²) in [6, 6.07) is 0. The fourth-order valence-electron chi connectivity index (χ4n) is 1.96. The summed E-state index contributed by atoms with van der Waals surface area (Å²) in [5.41, 5.74) is 0. The van der Waals surface area contributed by atoms with Crippen molar-refractivity contribution in [1.82, 2.24) is 0 Å². The highest BCUT2D eigenvalue weighted by Crippen LogP contribution is 2.04. The van der Waals surface area contributed by atoms with Crippen molar-refractivity contribution in [3.05, 3.63) is 0 Å². The molecule has 0 saturated carbocycles. The number of unbranched alkanes of at least 4 members (excludes halogenated alkanes) is 5. The fourth-order valence-corrected chi connectivity index (χ4v) is 1.96. The summed E-state index contributed by atoms with van der Waals surface area (Å²) in [4.78, 5) is 10.2. The fraction of sp³-hybridized carbons (Fsp3) is 1.00. The van der Waals surface area contributed by atoms with Crippen LogP contribution in [0.3, 0.4) is 0 Å². The lowest BCUT2D eigenvalue weighted by molar-refractivity contribution is -0.299. The molecule has 6 nitrogen and oxygen atoms in total. The Morgan fingerprint density at radius 1 is 0.417 bits per heavy atom. The average molecular weight is 350 g/mol. The van der Waals surface area contributed by atoms with Crippen LogP contribution >= 0.6 is 0 Å². The van der Waals surface area contributed by atoms with Crippen LogP contribution in [0, 0.1) is 0 Å². The van der Waals surface area contributed by atoms with Gasteiger partial charge in [-0.3, -0.25) is 0 Å². The van der Waals surface area contributed by atoms with E-state index in [1.54, 1.807) is 0 Å². The van der Waals surface area contributed by atoms with E-state index < -0.39 is 0 Å². The second-order valence-corrected chi connectivity index (χ2v) is 5.45. The zero-order valence-corrected chi connectivity index (χ0v) is 15.8. The predicted molar refractivity (Wildman–Crippen MR) is 94.2 cm³/mol. The SMILES string of the molecule is CCCCCCCCOOCCOCCOCCOCCOCC. The highest BCUT2D eigenvalue weighted by Gasteiger charge is 1.94. The van der Waals surface area contributed by atoms with E-state index in [9.17, 15) is 0 Å². The molecule has 0 aliphatic heterocycles. The summed E-state index contributed by atoms with van der Waals surface area (Å²) in [5.74, 6) is 0. The van der Waals surface area contributed by atoms with Crippen LogP contribution < -0.4 is 0 Å². The van der Waals surface area contributed by atoms with Crippen molar-refractivity contribution in [2.24, 2.45) is 0 Å². The molecule has 0 heterocycles. The summed E-state index contributed by atoms with van der Waals surface area (Å²) >= 11 is 0. The molecular formula is C18H38O6. The van der Waals surface area contributed by atoms with Gasteiger partial charge in [-0.2, -0.15) is 0 Å². The van der Waals surface area contributed by atoms with Gasteiger partial charge >= 0.3 is 0 Å². The first-order valence-corrected chi connectivity index (χ1v) is 9.47. The van der Waals surface area contributed by atoms with Gasteiger partial charge in [-0.25, -0.2) is 9.78 Å². The largest absolute Gasteiger partial charge is 0.379 e. The van der Waals surface area contributed by atoms with Crippen molar-refractivity contribution >= 4 is 0 Å². The average Bonchev–Trinajstić information content (AvgIpc) is 2.60. The van der Waals surface area contributed by atoms with Crippen LogP contribution in [0.5, 0.6) is 0 Å². The Bertz CT molecular complexity index is 194. The van der Waals surface area contributed by atoms with Gasteiger partial charge in [0.1, 0.15) is 6.61 Å². The molecule has 0 N–H and O–H groups in total. The summed E-state index contributed by atoms with van der Waals surface area (Å²) in [6.07, 6.45) is 7.51. The number of hydrogen-bond donors (Lipinski definition) is 0. The lowest BCUT2D eigenvalue weighted by atomic mass is 10.1. The molecular weight excluding hydrogens is 312 g/mol. The maximum absolute atomic E-state index is 5.38. The summed E-state index contributed by atoms with van der Waals surface area (Å²) in [5, 5.41) is 0. The van der Waals surface area contributed by atoms with Gasteiger partial charge in [0, 0.05) is 6.61 Å². The lowest BCUT2D eigenvalue weighted by Gasteiger charge is -2.07. The first-order valence-electron chi connectivity index (χ1n) is 9.47. The molecule has 0 bridgehead atoms. The third-order valence-electron chi connectivity index (χ3n) is 3.30. The maximum atomic E-state index is 5.38. The molecule has 146 valence electrons. The molecule has 0 aliphatic rings. The Kier molecular flexibility index (Phi) is 22.5. The molecule has 0 aromatic carbocycles. The van der Waals surface area contributed by atoms with E-state index in [1.165, 1.54) is 32.1 Å². The van der Waals surface area contributed by atoms with E-state index in [0.717, 1.165) is 13.0 Å². The van der Waals surface area contributed by atoms with Crippen LogP contribution in [0.25, 0.3) is 0 Å². The van der Waals surface area contributed by atoms with Crippen molar-refractivity contribution in [2.75, 3.05) is 66.1 Å². The number of ether oxygens (including phenoxy) is 4. The van der Waals surface area contributed by atoms with Crippen molar-refractivity contribution < 1.29 is 28.7 Å². The van der Waals surface area contributed by atoms with Gasteiger partial charge in [-0.1, -0.05) is 39.0 Å². The van der Waals surface area contributed by atoms with Crippen LogP contribution in [0.15, 0.2) is 0 Å². The minimum absolute atomic E-state index is 0.455. The minimum Gasteiger partial charge on any atom is -0.379 e. The second kappa shape index (κ2) is 22.8. The van der Waals surface area contributed by atoms with Gasteiger partial charge in [-0.15, -0.1) is 0 Å². The van der Waals surface area contributed by atoms with Gasteiger partial charge in [0.05, 0.1) is 52.9 Å². The summed E-state index contributed by atoms with van der Waals surface area (Å²) < 4.78 is 21.2. The van der Waals surface area contributed by atoms with Crippen LogP contribution in [-0.4, -0.2) is 66.1 Å². The Morgan fingerprint density at radius 2 is 0.875 bits per heavy atom. The highest BCUT2D eigenvalue weighted by molar-refractivity contribution is 4.42. The van der Waals surface area contributed by atoms with E-state index in [0.29, 0.717) is 59.5 Å². The summed E-state index contributed by atoms with van der Waals surface area (Å²) in [7, 11) is 0. The Labute approximate surface area is 148 Å². The molecule has 0 spiro atoms. The Balaban J connectivity index is 2.93. The normalized spacial score (nSPS) is 11.2. The highest BCUT2D eigenvalue weighted by atomic mass is 17.2. The van der Waals surface area contributed by atoms with Crippen LogP contribution in [0.1, 0.15) is 52.4 Å². The molecule has 0 aromatic rings. The maximum Gasteiger partial charge on any atom is 0.106 e.